The van der Waals surface area contributed by atoms with Crippen LogP contribution in [-0.2, 0) is 6.42 Å². The van der Waals surface area contributed by atoms with E-state index >= 15 is 0 Å². The molecule has 1 rings (SSSR count). The van der Waals surface area contributed by atoms with Crippen LogP contribution in [0.25, 0.3) is 0 Å². The summed E-state index contributed by atoms with van der Waals surface area (Å²) in [6, 6.07) is 0. The summed E-state index contributed by atoms with van der Waals surface area (Å²) in [6.07, 6.45) is 1.07. The van der Waals surface area contributed by atoms with Gasteiger partial charge in [0.25, 0.3) is 0 Å². The lowest BCUT2D eigenvalue weighted by Gasteiger charge is -2.07. The van der Waals surface area contributed by atoms with Crippen LogP contribution in [0.5, 0.6) is 0 Å². The third-order valence-electron chi connectivity index (χ3n) is 2.10. The number of rotatable bonds is 3. The van der Waals surface area contributed by atoms with Crippen molar-refractivity contribution in [1.82, 2.24) is 4.98 Å². The zero-order valence-electron chi connectivity index (χ0n) is 9.22. The van der Waals surface area contributed by atoms with Crippen molar-refractivity contribution in [2.45, 2.75) is 52.9 Å². The molecular weight excluding hydrogens is 178 g/mol. The SMILES string of the molecule is CCc1nc(C(C)C)c(C(C)C)s1. The molecule has 1 aromatic heterocycles. The van der Waals surface area contributed by atoms with Crippen LogP contribution in [0, 0.1) is 0 Å². The molecule has 0 saturated carbocycles. The standard InChI is InChI=1S/C11H19NS/c1-6-9-12-10(7(2)3)11(13-9)8(4)5/h7-8H,6H2,1-5H3. The molecule has 1 heterocycles. The quantitative estimate of drug-likeness (QED) is 0.715. The third kappa shape index (κ3) is 2.31. The van der Waals surface area contributed by atoms with Crippen LogP contribution >= 0.6 is 11.3 Å². The third-order valence-corrected chi connectivity index (χ3v) is 3.62. The molecule has 0 aliphatic rings. The highest BCUT2D eigenvalue weighted by atomic mass is 32.1. The molecule has 0 aromatic carbocycles. The maximum Gasteiger partial charge on any atom is 0.0928 e. The predicted molar refractivity (Wildman–Crippen MR) is 59.7 cm³/mol. The first-order chi connectivity index (χ1) is 6.06. The van der Waals surface area contributed by atoms with Crippen molar-refractivity contribution in [3.05, 3.63) is 15.6 Å². The molecule has 0 N–H and O–H groups in total. The Bertz CT molecular complexity index is 248. The van der Waals surface area contributed by atoms with Gasteiger partial charge in [-0.1, -0.05) is 34.6 Å². The Morgan fingerprint density at radius 1 is 1.15 bits per heavy atom. The van der Waals surface area contributed by atoms with Crippen LogP contribution in [-0.4, -0.2) is 4.98 Å². The fourth-order valence-electron chi connectivity index (χ4n) is 1.37. The largest absolute Gasteiger partial charge is 0.246 e. The minimum Gasteiger partial charge on any atom is -0.246 e. The highest BCUT2D eigenvalue weighted by Crippen LogP contribution is 2.31. The number of hydrogen-bond acceptors (Lipinski definition) is 2. The Hall–Kier alpha value is -0.370. The molecule has 0 radical (unpaired) electrons. The predicted octanol–water partition coefficient (Wildman–Crippen LogP) is 3.95. The van der Waals surface area contributed by atoms with Gasteiger partial charge in [0, 0.05) is 4.88 Å². The molecule has 0 spiro atoms. The Balaban J connectivity index is 3.08. The van der Waals surface area contributed by atoms with Gasteiger partial charge in [0.2, 0.25) is 0 Å². The van der Waals surface area contributed by atoms with Gasteiger partial charge in [-0.05, 0) is 18.3 Å². The van der Waals surface area contributed by atoms with Crippen molar-refractivity contribution >= 4 is 11.3 Å². The van der Waals surface area contributed by atoms with Crippen molar-refractivity contribution in [3.8, 4) is 0 Å². The van der Waals surface area contributed by atoms with E-state index in [0.29, 0.717) is 11.8 Å². The molecule has 1 nitrogen and oxygen atoms in total. The molecule has 1 aromatic rings. The van der Waals surface area contributed by atoms with Crippen LogP contribution in [0.4, 0.5) is 0 Å². The Kier molecular flexibility index (Phi) is 3.48. The highest BCUT2D eigenvalue weighted by Gasteiger charge is 2.15. The maximum absolute atomic E-state index is 4.67. The lowest BCUT2D eigenvalue weighted by atomic mass is 10.0. The van der Waals surface area contributed by atoms with Crippen molar-refractivity contribution in [2.24, 2.45) is 0 Å². The minimum atomic E-state index is 0.564. The summed E-state index contributed by atoms with van der Waals surface area (Å²) in [5, 5.41) is 1.28. The summed E-state index contributed by atoms with van der Waals surface area (Å²) in [6.45, 7) is 11.1. The molecule has 0 aliphatic carbocycles. The molecule has 0 aliphatic heterocycles. The van der Waals surface area contributed by atoms with Gasteiger partial charge in [-0.25, -0.2) is 4.98 Å². The summed E-state index contributed by atoms with van der Waals surface area (Å²) in [4.78, 5) is 6.15. The van der Waals surface area contributed by atoms with Crippen LogP contribution < -0.4 is 0 Å². The van der Waals surface area contributed by atoms with Crippen molar-refractivity contribution < 1.29 is 0 Å². The van der Waals surface area contributed by atoms with Gasteiger partial charge in [-0.15, -0.1) is 11.3 Å². The maximum atomic E-state index is 4.67. The minimum absolute atomic E-state index is 0.564. The second-order valence-corrected chi connectivity index (χ2v) is 5.14. The molecule has 0 bridgehead atoms. The van der Waals surface area contributed by atoms with E-state index in [1.54, 1.807) is 0 Å². The van der Waals surface area contributed by atoms with Crippen LogP contribution in [0.1, 0.15) is 62.0 Å². The number of nitrogens with zero attached hydrogens (tertiary/aromatic N) is 1. The van der Waals surface area contributed by atoms with Crippen molar-refractivity contribution in [2.75, 3.05) is 0 Å². The first-order valence-electron chi connectivity index (χ1n) is 5.05. The van der Waals surface area contributed by atoms with Crippen molar-refractivity contribution in [1.29, 1.82) is 0 Å². The number of thiazole rings is 1. The molecule has 2 heteroatoms. The lowest BCUT2D eigenvalue weighted by molar-refractivity contribution is 0.775. The molecule has 0 amide bonds. The van der Waals surface area contributed by atoms with Gasteiger partial charge in [0.05, 0.1) is 10.7 Å². The van der Waals surface area contributed by atoms with E-state index in [1.807, 2.05) is 11.3 Å². The van der Waals surface area contributed by atoms with E-state index in [-0.39, 0.29) is 0 Å². The number of aromatic nitrogens is 1. The first kappa shape index (κ1) is 10.7. The molecule has 0 saturated heterocycles. The summed E-state index contributed by atoms with van der Waals surface area (Å²) in [7, 11) is 0. The smallest absolute Gasteiger partial charge is 0.0928 e. The molecule has 0 unspecified atom stereocenters. The second kappa shape index (κ2) is 4.23. The highest BCUT2D eigenvalue weighted by molar-refractivity contribution is 7.11. The van der Waals surface area contributed by atoms with Crippen LogP contribution in [0.15, 0.2) is 0 Å². The summed E-state index contributed by atoms with van der Waals surface area (Å²) in [5.41, 5.74) is 1.32. The molecule has 74 valence electrons. The van der Waals surface area contributed by atoms with Gasteiger partial charge >= 0.3 is 0 Å². The van der Waals surface area contributed by atoms with E-state index in [9.17, 15) is 0 Å². The topological polar surface area (TPSA) is 12.9 Å². The molecule has 0 atom stereocenters. The van der Waals surface area contributed by atoms with Crippen molar-refractivity contribution in [3.63, 3.8) is 0 Å². The summed E-state index contributed by atoms with van der Waals surface area (Å²) in [5.74, 6) is 1.18. The monoisotopic (exact) mass is 197 g/mol. The van der Waals surface area contributed by atoms with E-state index in [1.165, 1.54) is 15.6 Å². The van der Waals surface area contributed by atoms with Gasteiger partial charge in [-0.3, -0.25) is 0 Å². The zero-order chi connectivity index (χ0) is 10.0. The van der Waals surface area contributed by atoms with E-state index in [4.69, 9.17) is 0 Å². The van der Waals surface area contributed by atoms with E-state index in [0.717, 1.165) is 6.42 Å². The first-order valence-corrected chi connectivity index (χ1v) is 5.87. The number of hydrogen-bond donors (Lipinski definition) is 0. The summed E-state index contributed by atoms with van der Waals surface area (Å²) >= 11 is 1.88. The Labute approximate surface area is 85.2 Å². The fourth-order valence-corrected chi connectivity index (χ4v) is 2.53. The molecule has 0 fully saturated rings. The van der Waals surface area contributed by atoms with Gasteiger partial charge in [0.15, 0.2) is 0 Å². The lowest BCUT2D eigenvalue weighted by Crippen LogP contribution is -1.95. The van der Waals surface area contributed by atoms with E-state index < -0.39 is 0 Å². The average Bonchev–Trinajstić information content (AvgIpc) is 2.47. The Morgan fingerprint density at radius 3 is 2.08 bits per heavy atom. The Morgan fingerprint density at radius 2 is 1.77 bits per heavy atom. The molecule has 13 heavy (non-hydrogen) atoms. The second-order valence-electron chi connectivity index (χ2n) is 4.02. The van der Waals surface area contributed by atoms with Gasteiger partial charge in [-0.2, -0.15) is 0 Å². The van der Waals surface area contributed by atoms with Gasteiger partial charge in [0.1, 0.15) is 0 Å². The average molecular weight is 197 g/mol. The fraction of sp³-hybridized carbons (Fsp3) is 0.727. The number of aryl methyl sites for hydroxylation is 1. The summed E-state index contributed by atoms with van der Waals surface area (Å²) < 4.78 is 0. The van der Waals surface area contributed by atoms with Crippen LogP contribution in [0.3, 0.4) is 0 Å². The normalized spacial score (nSPS) is 11.6. The molecular formula is C11H19NS. The van der Waals surface area contributed by atoms with Gasteiger partial charge < -0.3 is 0 Å². The van der Waals surface area contributed by atoms with Crippen LogP contribution in [0.2, 0.25) is 0 Å². The van der Waals surface area contributed by atoms with E-state index in [2.05, 4.69) is 39.6 Å². The zero-order valence-corrected chi connectivity index (χ0v) is 10.0.